The lowest BCUT2D eigenvalue weighted by molar-refractivity contribution is -0.176. The molecule has 6 rings (SSSR count). The number of hydrogen-bond donors (Lipinski definition) is 2. The molecule has 0 spiro atoms. The van der Waals surface area contributed by atoms with Crippen LogP contribution in [-0.4, -0.2) is 114 Å². The maximum atomic E-state index is 15.5. The molecule has 0 radical (unpaired) electrons. The van der Waals surface area contributed by atoms with E-state index in [0.29, 0.717) is 12.3 Å². The average Bonchev–Trinajstić information content (AvgIpc) is 3.85. The number of hydrogen-bond acceptors (Lipinski definition) is 10. The van der Waals surface area contributed by atoms with Crippen molar-refractivity contribution in [2.75, 3.05) is 6.61 Å². The van der Waals surface area contributed by atoms with Gasteiger partial charge in [-0.2, -0.15) is 0 Å². The Bertz CT molecular complexity index is 2180. The van der Waals surface area contributed by atoms with E-state index in [1.807, 2.05) is 6.07 Å². The third-order valence-electron chi connectivity index (χ3n) is 20.1. The summed E-state index contributed by atoms with van der Waals surface area (Å²) < 4.78 is 76.0. The normalized spacial score (nSPS) is 34.8. The topological polar surface area (TPSA) is 130 Å². The first kappa shape index (κ1) is 64.4. The van der Waals surface area contributed by atoms with Crippen LogP contribution >= 0.6 is 22.6 Å². The number of rotatable bonds is 23. The van der Waals surface area contributed by atoms with Crippen molar-refractivity contribution in [1.29, 1.82) is 0 Å². The van der Waals surface area contributed by atoms with Gasteiger partial charge in [-0.15, -0.1) is 0 Å². The maximum Gasteiger partial charge on any atom is 0.192 e. The second kappa shape index (κ2) is 26.6. The summed E-state index contributed by atoms with van der Waals surface area (Å²) >= 11 is 2.34. The summed E-state index contributed by atoms with van der Waals surface area (Å²) in [4.78, 5) is 0.217. The summed E-state index contributed by atoms with van der Waals surface area (Å²) in [7, 11) is -8.56. The molecule has 0 amide bonds. The van der Waals surface area contributed by atoms with E-state index in [-0.39, 0.29) is 113 Å². The van der Waals surface area contributed by atoms with Crippen LogP contribution in [0, 0.1) is 41.4 Å². The molecule has 4 heterocycles. The van der Waals surface area contributed by atoms with Crippen molar-refractivity contribution in [2.24, 2.45) is 41.4 Å². The fourth-order valence-electron chi connectivity index (χ4n) is 13.1. The van der Waals surface area contributed by atoms with Gasteiger partial charge in [-0.05, 0) is 152 Å². The van der Waals surface area contributed by atoms with Crippen molar-refractivity contribution in [3.05, 3.63) is 64.8 Å². The van der Waals surface area contributed by atoms with E-state index in [1.54, 1.807) is 24.3 Å². The molecule has 76 heavy (non-hydrogen) atoms. The lowest BCUT2D eigenvalue weighted by Crippen LogP contribution is -2.59. The Balaban J connectivity index is 1.29. The number of aliphatic hydroxyl groups excluding tert-OH is 2. The Labute approximate surface area is 478 Å². The summed E-state index contributed by atoms with van der Waals surface area (Å²) in [6.45, 7) is 43.5. The molecule has 5 fully saturated rings. The predicted molar refractivity (Wildman–Crippen MR) is 324 cm³/mol. The molecule has 1 aromatic rings. The Hall–Kier alpha value is -0.766. The highest BCUT2D eigenvalue weighted by Gasteiger charge is 2.56. The minimum absolute atomic E-state index is 0.00245. The van der Waals surface area contributed by atoms with Gasteiger partial charge >= 0.3 is 0 Å². The second-order valence-corrected chi connectivity index (χ2v) is 39.9. The van der Waals surface area contributed by atoms with E-state index < -0.39 is 49.8 Å². The quantitative estimate of drug-likeness (QED) is 0.0621. The molecule has 0 aromatic heterocycles. The highest BCUT2D eigenvalue weighted by atomic mass is 127. The van der Waals surface area contributed by atoms with Crippen LogP contribution in [0.5, 0.6) is 0 Å². The first-order valence-corrected chi connectivity index (χ1v) is 38.2. The van der Waals surface area contributed by atoms with Gasteiger partial charge in [-0.25, -0.2) is 8.42 Å². The zero-order chi connectivity index (χ0) is 56.3. The van der Waals surface area contributed by atoms with Crippen molar-refractivity contribution < 1.29 is 46.4 Å². The van der Waals surface area contributed by atoms with Gasteiger partial charge in [0.05, 0.1) is 77.3 Å². The molecule has 10 nitrogen and oxygen atoms in total. The highest BCUT2D eigenvalue weighted by molar-refractivity contribution is 14.1. The fraction of sp³-hybridized carbons (Fsp3) is 0.806. The molecular formula is C62H105IO10SSi2. The van der Waals surface area contributed by atoms with E-state index in [2.05, 4.69) is 148 Å². The molecule has 1 aromatic carbocycles. The minimum atomic E-state index is -4.11. The van der Waals surface area contributed by atoms with Crippen LogP contribution in [0.3, 0.4) is 0 Å². The number of sulfone groups is 1. The molecule has 434 valence electrons. The molecule has 5 unspecified atom stereocenters. The van der Waals surface area contributed by atoms with Crippen molar-refractivity contribution in [1.82, 2.24) is 0 Å². The molecule has 1 saturated carbocycles. The number of benzene rings is 1. The number of halogens is 1. The lowest BCUT2D eigenvalue weighted by atomic mass is 9.67. The molecule has 14 heteroatoms. The van der Waals surface area contributed by atoms with Crippen LogP contribution < -0.4 is 0 Å². The largest absolute Gasteiger partial charge is 0.413 e. The molecule has 19 atom stereocenters. The van der Waals surface area contributed by atoms with Gasteiger partial charge in [0.25, 0.3) is 0 Å². The first-order chi connectivity index (χ1) is 35.4. The van der Waals surface area contributed by atoms with Crippen LogP contribution in [0.1, 0.15) is 160 Å². The summed E-state index contributed by atoms with van der Waals surface area (Å²) in [5.74, 6) is 0.336. The molecule has 2 N–H and O–H groups in total. The van der Waals surface area contributed by atoms with Gasteiger partial charge in [0, 0.05) is 37.2 Å². The van der Waals surface area contributed by atoms with Crippen LogP contribution in [0.15, 0.2) is 69.7 Å². The number of aliphatic hydroxyl groups is 2. The average molecular weight is 1230 g/mol. The number of fused-ring (bicyclic) bond motifs is 1. The molecule has 5 aliphatic rings. The Morgan fingerprint density at radius 2 is 1.49 bits per heavy atom. The van der Waals surface area contributed by atoms with Gasteiger partial charge in [0.15, 0.2) is 26.5 Å². The van der Waals surface area contributed by atoms with Gasteiger partial charge in [-0.1, -0.05) is 143 Å². The van der Waals surface area contributed by atoms with E-state index in [1.165, 1.54) is 0 Å². The predicted octanol–water partition coefficient (Wildman–Crippen LogP) is 14.6. The third-order valence-corrected chi connectivity index (χ3v) is 31.7. The zero-order valence-electron chi connectivity index (χ0n) is 49.8. The van der Waals surface area contributed by atoms with Gasteiger partial charge < -0.3 is 38.0 Å². The van der Waals surface area contributed by atoms with E-state index >= 15 is 8.42 Å². The standard InChI is InChI=1S/C62H105IO10SSi2/c1-18-39(2)33-54-43(6)57(56(71-54)38-55-42(5)40(3)34-47(69-55)28-29-52-41(4)35-46(68-52)23-22-32-64)60(74(66,67)49-24-20-19-21-25-49)51(65)37-48-27-26-45-36-50(53(30-31-63)72-75(14,15)61(8,9)10)59(44(7)58(45)70-48)73-76(16,17)62(11,12)13/h19-21,24-25,30-31,39-40,43-48,50-60,64-65H,4-5,18,22-23,26-29,32-38H2,1-3,6-17H3/b31-30+/t39-,40-,43+,44+,45-,46+,47+,48?,50+,51?,52?,53+,54-,55?,56+,57-,58-,59+,60?/m1/s1. The Morgan fingerprint density at radius 3 is 2.11 bits per heavy atom. The molecule has 1 aliphatic carbocycles. The smallest absolute Gasteiger partial charge is 0.192 e. The lowest BCUT2D eigenvalue weighted by Gasteiger charge is -2.54. The van der Waals surface area contributed by atoms with Gasteiger partial charge in [0.1, 0.15) is 0 Å². The molecule has 4 aliphatic heterocycles. The summed E-state index contributed by atoms with van der Waals surface area (Å²) in [5.41, 5.74) is 2.12. The minimum Gasteiger partial charge on any atom is -0.413 e. The molecule has 0 bridgehead atoms. The third kappa shape index (κ3) is 15.3. The maximum absolute atomic E-state index is 15.5. The Morgan fingerprint density at radius 1 is 0.829 bits per heavy atom. The van der Waals surface area contributed by atoms with Crippen molar-refractivity contribution in [3.8, 4) is 0 Å². The summed E-state index contributed by atoms with van der Waals surface area (Å²) in [6, 6.07) is 8.75. The van der Waals surface area contributed by atoms with Gasteiger partial charge in [0.2, 0.25) is 0 Å². The van der Waals surface area contributed by atoms with Crippen LogP contribution in [0.2, 0.25) is 36.3 Å². The fourth-order valence-corrected chi connectivity index (χ4v) is 18.4. The summed E-state index contributed by atoms with van der Waals surface area (Å²) in [5, 5.41) is 21.3. The van der Waals surface area contributed by atoms with E-state index in [4.69, 9.17) is 27.8 Å². The van der Waals surface area contributed by atoms with Crippen LogP contribution in [0.25, 0.3) is 0 Å². The molecular weight excluding hydrogens is 1120 g/mol. The van der Waals surface area contributed by atoms with Crippen LogP contribution in [-0.2, 0) is 37.6 Å². The number of ether oxygens (including phenoxy) is 4. The van der Waals surface area contributed by atoms with Crippen molar-refractivity contribution in [3.63, 3.8) is 0 Å². The van der Waals surface area contributed by atoms with E-state index in [9.17, 15) is 10.2 Å². The SMILES string of the molecule is C=C1C[C@H](CCCO)OC1CC[C@H]1C[C@@H](C)C(=C)C(C[C@@H]2O[C@H](C[C@H](C)CC)[C@H](C)[C@H]2C(C(O)CC2CC[C@@H]3C[C@@H]([C@H](/C=C/I)O[Si](C)(C)C(C)(C)C)[C@@H](O[Si](C)(C)C(C)(C)C)[C@@H](C)[C@H]3O2)S(=O)(=O)c2ccccc2)O1. The van der Waals surface area contributed by atoms with Crippen LogP contribution in [0.4, 0.5) is 0 Å². The van der Waals surface area contributed by atoms with Gasteiger partial charge in [-0.3, -0.25) is 0 Å². The van der Waals surface area contributed by atoms with Crippen molar-refractivity contribution in [2.45, 2.75) is 273 Å². The zero-order valence-corrected chi connectivity index (χ0v) is 54.7. The monoisotopic (exact) mass is 1220 g/mol. The van der Waals surface area contributed by atoms with E-state index in [0.717, 1.165) is 81.8 Å². The first-order valence-electron chi connectivity index (χ1n) is 29.6. The summed E-state index contributed by atoms with van der Waals surface area (Å²) in [6.07, 6.45) is 9.23. The second-order valence-electron chi connectivity index (χ2n) is 27.6. The Kier molecular flexibility index (Phi) is 22.6. The molecule has 4 saturated heterocycles. The highest BCUT2D eigenvalue weighted by Crippen LogP contribution is 2.52. The van der Waals surface area contributed by atoms with Crippen molar-refractivity contribution >= 4 is 49.1 Å².